The predicted molar refractivity (Wildman–Crippen MR) is 53.1 cm³/mol. The fourth-order valence-corrected chi connectivity index (χ4v) is 1.61. The molecular formula is C9H13F5OS. The van der Waals surface area contributed by atoms with E-state index < -0.39 is 37.8 Å². The fraction of sp³-hybridized carbons (Fsp3) is 0.889. The summed E-state index contributed by atoms with van der Waals surface area (Å²) in [5, 5.41) is -0.349. The van der Waals surface area contributed by atoms with Crippen LogP contribution >= 0.6 is 11.8 Å². The van der Waals surface area contributed by atoms with Crippen molar-refractivity contribution in [2.24, 2.45) is 0 Å². The summed E-state index contributed by atoms with van der Waals surface area (Å²) < 4.78 is 62.9. The molecule has 0 saturated heterocycles. The minimum atomic E-state index is -3.72. The Balaban J connectivity index is 4.04. The van der Waals surface area contributed by atoms with E-state index in [1.165, 1.54) is 6.92 Å². The lowest BCUT2D eigenvalue weighted by Crippen LogP contribution is -2.33. The lowest BCUT2D eigenvalue weighted by molar-refractivity contribution is -0.109. The van der Waals surface area contributed by atoms with Crippen molar-refractivity contribution in [3.05, 3.63) is 0 Å². The molecule has 96 valence electrons. The molecule has 0 bridgehead atoms. The van der Waals surface area contributed by atoms with Crippen LogP contribution in [0.5, 0.6) is 0 Å². The van der Waals surface area contributed by atoms with Gasteiger partial charge >= 0.3 is 0 Å². The normalized spacial score (nSPS) is 15.9. The highest BCUT2D eigenvalue weighted by molar-refractivity contribution is 8.13. The Kier molecular flexibility index (Phi) is 6.94. The molecule has 0 aromatic rings. The van der Waals surface area contributed by atoms with Crippen LogP contribution in [0.3, 0.4) is 0 Å². The first-order chi connectivity index (χ1) is 7.29. The zero-order valence-corrected chi connectivity index (χ0v) is 9.51. The van der Waals surface area contributed by atoms with E-state index in [9.17, 15) is 26.7 Å². The summed E-state index contributed by atoms with van der Waals surface area (Å²) in [7, 11) is 0. The molecule has 0 aliphatic carbocycles. The van der Waals surface area contributed by atoms with Crippen molar-refractivity contribution < 1.29 is 26.7 Å². The van der Waals surface area contributed by atoms with Crippen LogP contribution in [0.1, 0.15) is 19.8 Å². The summed E-state index contributed by atoms with van der Waals surface area (Å²) in [4.78, 5) is 10.4. The van der Waals surface area contributed by atoms with Gasteiger partial charge in [-0.1, -0.05) is 11.8 Å². The molecule has 0 fully saturated rings. The van der Waals surface area contributed by atoms with Gasteiger partial charge in [-0.25, -0.2) is 22.0 Å². The average molecular weight is 264 g/mol. The topological polar surface area (TPSA) is 17.1 Å². The highest BCUT2D eigenvalue weighted by Gasteiger charge is 2.40. The molecular weight excluding hydrogens is 251 g/mol. The third kappa shape index (κ3) is 6.30. The van der Waals surface area contributed by atoms with Gasteiger partial charge in [-0.15, -0.1) is 0 Å². The SMILES string of the molecule is CC(=O)SCCC(F)(F)C(F)CC(F)CF. The molecule has 0 aliphatic rings. The van der Waals surface area contributed by atoms with Crippen molar-refractivity contribution in [2.45, 2.75) is 38.0 Å². The summed E-state index contributed by atoms with van der Waals surface area (Å²) in [5.41, 5.74) is 0. The van der Waals surface area contributed by atoms with E-state index in [2.05, 4.69) is 0 Å². The zero-order chi connectivity index (χ0) is 12.8. The van der Waals surface area contributed by atoms with Gasteiger partial charge in [0, 0.05) is 25.5 Å². The van der Waals surface area contributed by atoms with Crippen LogP contribution in [-0.2, 0) is 4.79 Å². The minimum Gasteiger partial charge on any atom is -0.288 e. The second kappa shape index (κ2) is 7.09. The second-order valence-electron chi connectivity index (χ2n) is 3.31. The number of thioether (sulfide) groups is 1. The van der Waals surface area contributed by atoms with Gasteiger partial charge in [0.1, 0.15) is 12.8 Å². The highest BCUT2D eigenvalue weighted by Crippen LogP contribution is 2.30. The van der Waals surface area contributed by atoms with Gasteiger partial charge in [-0.3, -0.25) is 4.79 Å². The smallest absolute Gasteiger partial charge is 0.279 e. The lowest BCUT2D eigenvalue weighted by Gasteiger charge is -2.20. The van der Waals surface area contributed by atoms with Crippen LogP contribution in [0.4, 0.5) is 22.0 Å². The number of alkyl halides is 5. The Morgan fingerprint density at radius 1 is 1.38 bits per heavy atom. The van der Waals surface area contributed by atoms with Crippen molar-refractivity contribution in [1.29, 1.82) is 0 Å². The van der Waals surface area contributed by atoms with Gasteiger partial charge in [-0.05, 0) is 0 Å². The van der Waals surface area contributed by atoms with Crippen molar-refractivity contribution in [3.63, 3.8) is 0 Å². The Bertz CT molecular complexity index is 224. The molecule has 0 spiro atoms. The maximum absolute atomic E-state index is 13.0. The fourth-order valence-electron chi connectivity index (χ4n) is 0.947. The first-order valence-corrected chi connectivity index (χ1v) is 5.63. The Morgan fingerprint density at radius 2 is 1.94 bits per heavy atom. The van der Waals surface area contributed by atoms with Crippen molar-refractivity contribution >= 4 is 16.9 Å². The molecule has 0 N–H and O–H groups in total. The second-order valence-corrected chi connectivity index (χ2v) is 4.58. The van der Waals surface area contributed by atoms with Crippen molar-refractivity contribution in [3.8, 4) is 0 Å². The van der Waals surface area contributed by atoms with E-state index in [0.717, 1.165) is 0 Å². The molecule has 2 atom stereocenters. The molecule has 16 heavy (non-hydrogen) atoms. The van der Waals surface area contributed by atoms with E-state index >= 15 is 0 Å². The summed E-state index contributed by atoms with van der Waals surface area (Å²) in [6, 6.07) is 0. The van der Waals surface area contributed by atoms with Crippen LogP contribution < -0.4 is 0 Å². The summed E-state index contributed by atoms with van der Waals surface area (Å²) in [6.07, 6.45) is -6.95. The molecule has 0 heterocycles. The number of halogens is 5. The summed E-state index contributed by atoms with van der Waals surface area (Å²) in [6.45, 7) is -0.269. The molecule has 7 heteroatoms. The third-order valence-electron chi connectivity index (χ3n) is 1.83. The van der Waals surface area contributed by atoms with Gasteiger partial charge in [0.05, 0.1) is 0 Å². The average Bonchev–Trinajstić information content (AvgIpc) is 2.16. The van der Waals surface area contributed by atoms with Crippen molar-refractivity contribution in [2.75, 3.05) is 12.4 Å². The molecule has 0 saturated carbocycles. The number of carbonyl (C=O) groups is 1. The minimum absolute atomic E-state index is 0.241. The first kappa shape index (κ1) is 15.7. The van der Waals surface area contributed by atoms with E-state index in [4.69, 9.17) is 0 Å². The van der Waals surface area contributed by atoms with E-state index in [1.807, 2.05) is 0 Å². The molecule has 0 aliphatic heterocycles. The Labute approximate surface area is 94.8 Å². The van der Waals surface area contributed by atoms with Crippen LogP contribution in [0, 0.1) is 0 Å². The maximum Gasteiger partial charge on any atom is 0.279 e. The lowest BCUT2D eigenvalue weighted by atomic mass is 10.1. The van der Waals surface area contributed by atoms with Gasteiger partial charge in [-0.2, -0.15) is 0 Å². The number of hydrogen-bond donors (Lipinski definition) is 0. The third-order valence-corrected chi connectivity index (χ3v) is 2.64. The van der Waals surface area contributed by atoms with E-state index in [1.54, 1.807) is 0 Å². The molecule has 0 rings (SSSR count). The highest BCUT2D eigenvalue weighted by atomic mass is 32.2. The van der Waals surface area contributed by atoms with Gasteiger partial charge in [0.15, 0.2) is 11.3 Å². The van der Waals surface area contributed by atoms with Crippen LogP contribution in [-0.4, -0.2) is 35.8 Å². The van der Waals surface area contributed by atoms with Crippen LogP contribution in [0.2, 0.25) is 0 Å². The predicted octanol–water partition coefficient (Wildman–Crippen LogP) is 3.33. The van der Waals surface area contributed by atoms with Crippen LogP contribution in [0.25, 0.3) is 0 Å². The largest absolute Gasteiger partial charge is 0.288 e. The number of hydrogen-bond acceptors (Lipinski definition) is 2. The Morgan fingerprint density at radius 3 is 2.38 bits per heavy atom. The summed E-state index contributed by atoms with van der Waals surface area (Å²) >= 11 is 0.647. The molecule has 1 nitrogen and oxygen atoms in total. The van der Waals surface area contributed by atoms with E-state index in [-0.39, 0.29) is 10.9 Å². The van der Waals surface area contributed by atoms with E-state index in [0.29, 0.717) is 11.8 Å². The number of rotatable bonds is 7. The standard InChI is InChI=1S/C9H13F5OS/c1-6(15)16-3-2-9(13,14)8(12)4-7(11)5-10/h7-8H,2-5H2,1H3. The first-order valence-electron chi connectivity index (χ1n) is 4.65. The molecule has 0 aromatic heterocycles. The van der Waals surface area contributed by atoms with Gasteiger partial charge in [0.2, 0.25) is 0 Å². The number of carbonyl (C=O) groups excluding carboxylic acids is 1. The molecule has 0 amide bonds. The summed E-state index contributed by atoms with van der Waals surface area (Å²) in [5.74, 6) is -3.96. The molecule has 0 radical (unpaired) electrons. The van der Waals surface area contributed by atoms with Gasteiger partial charge in [0.25, 0.3) is 5.92 Å². The maximum atomic E-state index is 13.0. The quantitative estimate of drug-likeness (QED) is 0.656. The Hall–Kier alpha value is -0.330. The van der Waals surface area contributed by atoms with Crippen LogP contribution in [0.15, 0.2) is 0 Å². The zero-order valence-electron chi connectivity index (χ0n) is 8.69. The molecule has 0 aromatic carbocycles. The van der Waals surface area contributed by atoms with Gasteiger partial charge < -0.3 is 0 Å². The molecule has 2 unspecified atom stereocenters. The van der Waals surface area contributed by atoms with Crippen molar-refractivity contribution in [1.82, 2.24) is 0 Å². The monoisotopic (exact) mass is 264 g/mol.